The molecule has 0 aromatic heterocycles. The molecule has 116 valence electrons. The van der Waals surface area contributed by atoms with E-state index in [-0.39, 0.29) is 6.04 Å². The van der Waals surface area contributed by atoms with Crippen LogP contribution >= 0.6 is 0 Å². The fraction of sp³-hybridized carbons (Fsp3) is 0.600. The van der Waals surface area contributed by atoms with Gasteiger partial charge in [0.25, 0.3) is 0 Å². The molecule has 2 aliphatic heterocycles. The zero-order chi connectivity index (χ0) is 15.0. The van der Waals surface area contributed by atoms with E-state index in [9.17, 15) is 8.42 Å². The van der Waals surface area contributed by atoms with Crippen LogP contribution in [0.5, 0.6) is 0 Å². The summed E-state index contributed by atoms with van der Waals surface area (Å²) >= 11 is 0. The van der Waals surface area contributed by atoms with E-state index in [0.29, 0.717) is 22.2 Å². The summed E-state index contributed by atoms with van der Waals surface area (Å²) in [7, 11) is -3.49. The predicted octanol–water partition coefficient (Wildman–Crippen LogP) is 1.48. The molecule has 0 amide bonds. The number of benzene rings is 1. The second-order valence-corrected chi connectivity index (χ2v) is 7.83. The van der Waals surface area contributed by atoms with Crippen molar-refractivity contribution in [1.29, 1.82) is 0 Å². The normalized spacial score (nSPS) is 26.7. The Labute approximate surface area is 126 Å². The lowest BCUT2D eigenvalue weighted by molar-refractivity contribution is 0.176. The molecular weight excluding hydrogens is 286 g/mol. The number of nitrogen functional groups attached to an aromatic ring is 1. The lowest BCUT2D eigenvalue weighted by Crippen LogP contribution is -2.47. The molecule has 3 rings (SSSR count). The smallest absolute Gasteiger partial charge is 0.241 e. The predicted molar refractivity (Wildman–Crippen MR) is 83.5 cm³/mol. The standard InChI is InChI=1S/C15H23N3O2S/c1-11-14(16)5-2-6-15(11)21(19,20)17-12-7-9-18-8-3-4-13(18)10-12/h2,5-6,12-13,17H,3-4,7-10,16H2,1H3. The summed E-state index contributed by atoms with van der Waals surface area (Å²) in [6, 6.07) is 5.63. The first-order valence-corrected chi connectivity index (χ1v) is 9.07. The number of anilines is 1. The molecule has 0 radical (unpaired) electrons. The first kappa shape index (κ1) is 14.8. The van der Waals surface area contributed by atoms with Gasteiger partial charge in [-0.3, -0.25) is 0 Å². The van der Waals surface area contributed by atoms with Gasteiger partial charge in [0.1, 0.15) is 0 Å². The highest BCUT2D eigenvalue weighted by molar-refractivity contribution is 7.89. The maximum Gasteiger partial charge on any atom is 0.241 e. The third-order valence-corrected chi connectivity index (χ3v) is 6.42. The van der Waals surface area contributed by atoms with Gasteiger partial charge < -0.3 is 10.6 Å². The maximum atomic E-state index is 12.6. The number of nitrogens with one attached hydrogen (secondary N) is 1. The second-order valence-electron chi connectivity index (χ2n) is 6.14. The van der Waals surface area contributed by atoms with E-state index >= 15 is 0 Å². The summed E-state index contributed by atoms with van der Waals surface area (Å²) in [6.07, 6.45) is 4.23. The maximum absolute atomic E-state index is 12.6. The van der Waals surface area contributed by atoms with E-state index in [4.69, 9.17) is 5.73 Å². The largest absolute Gasteiger partial charge is 0.398 e. The summed E-state index contributed by atoms with van der Waals surface area (Å²) in [4.78, 5) is 2.78. The minimum atomic E-state index is -3.49. The van der Waals surface area contributed by atoms with Gasteiger partial charge >= 0.3 is 0 Å². The molecule has 1 aromatic rings. The molecular formula is C15H23N3O2S. The molecule has 2 fully saturated rings. The number of fused-ring (bicyclic) bond motifs is 1. The average Bonchev–Trinajstić information content (AvgIpc) is 2.88. The minimum Gasteiger partial charge on any atom is -0.398 e. The van der Waals surface area contributed by atoms with Gasteiger partial charge in [-0.05, 0) is 63.4 Å². The number of nitrogens with zero attached hydrogens (tertiary/aromatic N) is 1. The van der Waals surface area contributed by atoms with Crippen molar-refractivity contribution in [3.05, 3.63) is 23.8 Å². The number of hydrogen-bond donors (Lipinski definition) is 2. The SMILES string of the molecule is Cc1c(N)cccc1S(=O)(=O)NC1CCN2CCCC2C1. The van der Waals surface area contributed by atoms with Crippen LogP contribution in [-0.4, -0.2) is 38.5 Å². The molecule has 5 nitrogen and oxygen atoms in total. The zero-order valence-electron chi connectivity index (χ0n) is 12.4. The van der Waals surface area contributed by atoms with Crippen molar-refractivity contribution in [2.75, 3.05) is 18.8 Å². The van der Waals surface area contributed by atoms with E-state index in [2.05, 4.69) is 9.62 Å². The molecule has 2 unspecified atom stereocenters. The van der Waals surface area contributed by atoms with Crippen molar-refractivity contribution in [3.63, 3.8) is 0 Å². The van der Waals surface area contributed by atoms with E-state index in [1.807, 2.05) is 0 Å². The number of nitrogens with two attached hydrogens (primary N) is 1. The summed E-state index contributed by atoms with van der Waals surface area (Å²) in [6.45, 7) is 3.91. The monoisotopic (exact) mass is 309 g/mol. The highest BCUT2D eigenvalue weighted by Crippen LogP contribution is 2.28. The molecule has 0 aliphatic carbocycles. The highest BCUT2D eigenvalue weighted by atomic mass is 32.2. The van der Waals surface area contributed by atoms with Crippen molar-refractivity contribution >= 4 is 15.7 Å². The first-order chi connectivity index (χ1) is 9.97. The van der Waals surface area contributed by atoms with E-state index in [1.54, 1.807) is 25.1 Å². The summed E-state index contributed by atoms with van der Waals surface area (Å²) in [5.74, 6) is 0. The Balaban J connectivity index is 1.76. The van der Waals surface area contributed by atoms with Gasteiger partial charge in [0.2, 0.25) is 10.0 Å². The molecule has 0 spiro atoms. The number of hydrogen-bond acceptors (Lipinski definition) is 4. The zero-order valence-corrected chi connectivity index (χ0v) is 13.2. The molecule has 2 heterocycles. The molecule has 3 N–H and O–H groups in total. The number of sulfonamides is 1. The second kappa shape index (κ2) is 5.59. The Morgan fingerprint density at radius 1 is 1.29 bits per heavy atom. The lowest BCUT2D eigenvalue weighted by Gasteiger charge is -2.35. The molecule has 0 bridgehead atoms. The van der Waals surface area contributed by atoms with Crippen molar-refractivity contribution in [2.24, 2.45) is 0 Å². The Morgan fingerprint density at radius 3 is 2.90 bits per heavy atom. The van der Waals surface area contributed by atoms with Gasteiger partial charge in [0, 0.05) is 17.8 Å². The number of rotatable bonds is 3. The van der Waals surface area contributed by atoms with E-state index in [0.717, 1.165) is 19.4 Å². The average molecular weight is 309 g/mol. The van der Waals surface area contributed by atoms with Crippen LogP contribution in [0.15, 0.2) is 23.1 Å². The Hall–Kier alpha value is -1.11. The highest BCUT2D eigenvalue weighted by Gasteiger charge is 2.33. The van der Waals surface area contributed by atoms with Crippen LogP contribution in [0.25, 0.3) is 0 Å². The quantitative estimate of drug-likeness (QED) is 0.829. The van der Waals surface area contributed by atoms with Crippen LogP contribution in [0.2, 0.25) is 0 Å². The molecule has 21 heavy (non-hydrogen) atoms. The minimum absolute atomic E-state index is 0.0372. The van der Waals surface area contributed by atoms with Crippen LogP contribution in [0.4, 0.5) is 5.69 Å². The Kier molecular flexibility index (Phi) is 3.94. The van der Waals surface area contributed by atoms with Crippen LogP contribution in [0.3, 0.4) is 0 Å². The Bertz CT molecular complexity index is 630. The molecule has 2 aliphatic rings. The fourth-order valence-corrected chi connectivity index (χ4v) is 5.10. The molecule has 2 saturated heterocycles. The van der Waals surface area contributed by atoms with Gasteiger partial charge in [0.15, 0.2) is 0 Å². The van der Waals surface area contributed by atoms with Gasteiger partial charge in [-0.25, -0.2) is 13.1 Å². The molecule has 1 aromatic carbocycles. The van der Waals surface area contributed by atoms with E-state index in [1.165, 1.54) is 19.4 Å². The Morgan fingerprint density at radius 2 is 2.10 bits per heavy atom. The third-order valence-electron chi connectivity index (χ3n) is 4.76. The van der Waals surface area contributed by atoms with Crippen molar-refractivity contribution in [1.82, 2.24) is 9.62 Å². The van der Waals surface area contributed by atoms with Gasteiger partial charge in [-0.15, -0.1) is 0 Å². The topological polar surface area (TPSA) is 75.4 Å². The fourth-order valence-electron chi connectivity index (χ4n) is 3.54. The van der Waals surface area contributed by atoms with Crippen LogP contribution in [-0.2, 0) is 10.0 Å². The molecule has 2 atom stereocenters. The van der Waals surface area contributed by atoms with Gasteiger partial charge in [-0.2, -0.15) is 0 Å². The lowest BCUT2D eigenvalue weighted by atomic mass is 9.99. The van der Waals surface area contributed by atoms with Crippen molar-refractivity contribution in [2.45, 2.75) is 49.6 Å². The van der Waals surface area contributed by atoms with Gasteiger partial charge in [0.05, 0.1) is 4.90 Å². The van der Waals surface area contributed by atoms with Crippen molar-refractivity contribution in [3.8, 4) is 0 Å². The summed E-state index contributed by atoms with van der Waals surface area (Å²) in [5.41, 5.74) is 6.97. The third kappa shape index (κ3) is 2.93. The molecule has 6 heteroatoms. The molecule has 0 saturated carbocycles. The summed E-state index contributed by atoms with van der Waals surface area (Å²) < 4.78 is 28.1. The van der Waals surface area contributed by atoms with Crippen molar-refractivity contribution < 1.29 is 8.42 Å². The van der Waals surface area contributed by atoms with Crippen LogP contribution < -0.4 is 10.5 Å². The number of piperidine rings is 1. The van der Waals surface area contributed by atoms with Crippen LogP contribution in [0.1, 0.15) is 31.2 Å². The van der Waals surface area contributed by atoms with E-state index < -0.39 is 10.0 Å². The first-order valence-electron chi connectivity index (χ1n) is 7.59. The van der Waals surface area contributed by atoms with Gasteiger partial charge in [-0.1, -0.05) is 6.07 Å². The van der Waals surface area contributed by atoms with Crippen LogP contribution in [0, 0.1) is 6.92 Å². The summed E-state index contributed by atoms with van der Waals surface area (Å²) in [5, 5.41) is 0.